The van der Waals surface area contributed by atoms with Crippen LogP contribution in [-0.4, -0.2) is 3.76 Å². The van der Waals surface area contributed by atoms with Crippen molar-refractivity contribution in [3.8, 4) is 0 Å². The standard InChI is InChI=1S/7Mo.H2O.O/h;;;;;;;1H2;/q;;;;;;+1;;/p-1. The third-order valence-electron chi connectivity index (χ3n) is 0.169. The van der Waals surface area contributed by atoms with E-state index in [-0.39, 0.29) is 23.9 Å². The molecule has 0 aromatic rings. The van der Waals surface area contributed by atoms with E-state index >= 15 is 0 Å². The molecule has 0 aliphatic carbocycles. The van der Waals surface area contributed by atoms with Crippen molar-refractivity contribution >= 4 is 0 Å². The molecule has 0 amide bonds. The number of rotatable bonds is 4. The molecule has 55 valence electrons. The van der Waals surface area contributed by atoms with Gasteiger partial charge in [0.15, 0.2) is 0 Å². The first-order valence-corrected chi connectivity index (χ1v) is 37.1. The maximum atomic E-state index is 10.4. The van der Waals surface area contributed by atoms with E-state index in [1.54, 1.807) is 0 Å². The van der Waals surface area contributed by atoms with Gasteiger partial charge in [0.1, 0.15) is 0 Å². The van der Waals surface area contributed by atoms with Gasteiger partial charge in [-0.2, -0.15) is 0 Å². The Hall–Kier alpha value is 4.58. The molecule has 0 saturated heterocycles. The molecule has 0 radical (unpaired) electrons. The normalized spacial score (nSPS) is 11.3. The second kappa shape index (κ2) is 10.7. The summed E-state index contributed by atoms with van der Waals surface area (Å²) < 4.78 is 19.0. The molecule has 2 nitrogen and oxygen atoms in total. The predicted molar refractivity (Wildman–Crippen MR) is 2.91 cm³/mol. The van der Waals surface area contributed by atoms with Crippen LogP contribution in [0.4, 0.5) is 0 Å². The zero-order valence-corrected chi connectivity index (χ0v) is 17.8. The van der Waals surface area contributed by atoms with E-state index < -0.39 is 14.7 Å². The van der Waals surface area contributed by atoms with Crippen LogP contribution in [0.2, 0.25) is 0 Å². The van der Waals surface area contributed by atoms with Crippen LogP contribution >= 0.6 is 0 Å². The zero-order chi connectivity index (χ0) is 7.11. The van der Waals surface area contributed by atoms with Crippen molar-refractivity contribution in [2.24, 2.45) is 0 Å². The Morgan fingerprint density at radius 2 is 2.11 bits per heavy atom. The molecule has 0 bridgehead atoms. The minimum atomic E-state index is -2.46. The van der Waals surface area contributed by atoms with E-state index in [9.17, 15) is 3.40 Å². The molecule has 0 saturated carbocycles. The molecule has 0 aromatic heterocycles. The second-order valence-electron chi connectivity index (χ2n) is 0.557. The SMILES string of the molecule is [O]=[Mo]([OH])/[Mo]=[Mo]/[Mo][Mo][Mo][Mo]. The van der Waals surface area contributed by atoms with Crippen molar-refractivity contribution in [3.05, 3.63) is 0 Å². The summed E-state index contributed by atoms with van der Waals surface area (Å²) in [5.41, 5.74) is 0. The molecular weight excluding hydrogens is 704 g/mol. The summed E-state index contributed by atoms with van der Waals surface area (Å²) in [7, 11) is 0. The number of hydrogen-bond donors (Lipinski definition) is 1. The molecule has 0 fully saturated rings. The van der Waals surface area contributed by atoms with Gasteiger partial charge in [0.05, 0.1) is 0 Å². The summed E-state index contributed by atoms with van der Waals surface area (Å²) in [5.74, 6) is 0. The quantitative estimate of drug-likeness (QED) is 0.311. The molecule has 0 spiro atoms. The summed E-state index contributed by atoms with van der Waals surface area (Å²) in [6.45, 7) is 0. The Morgan fingerprint density at radius 3 is 2.56 bits per heavy atom. The van der Waals surface area contributed by atoms with E-state index in [4.69, 9.17) is 3.76 Å². The van der Waals surface area contributed by atoms with Crippen LogP contribution in [0.15, 0.2) is 0 Å². The van der Waals surface area contributed by atoms with Crippen LogP contribution in [0.25, 0.3) is 0 Å². The van der Waals surface area contributed by atoms with Gasteiger partial charge in [0, 0.05) is 0 Å². The summed E-state index contributed by atoms with van der Waals surface area (Å²) in [6, 6.07) is 0. The van der Waals surface area contributed by atoms with E-state index in [0.29, 0.717) is 37.7 Å². The Balaban J connectivity index is 3.15. The average Bonchev–Trinajstić information content (AvgIpc) is 1.80. The third-order valence-corrected chi connectivity index (χ3v) is 148. The van der Waals surface area contributed by atoms with Gasteiger partial charge in [-0.1, -0.05) is 0 Å². The first kappa shape index (κ1) is 13.6. The average molecular weight is 705 g/mol. The van der Waals surface area contributed by atoms with Gasteiger partial charge in [-0.15, -0.1) is 0 Å². The van der Waals surface area contributed by atoms with Crippen LogP contribution in [0.5, 0.6) is 0 Å². The molecular formula is HMo7O2. The third kappa shape index (κ3) is 12.6. The van der Waals surface area contributed by atoms with E-state index in [0.717, 1.165) is 0 Å². The van der Waals surface area contributed by atoms with Crippen molar-refractivity contribution in [1.82, 2.24) is 0 Å². The molecule has 0 aliphatic rings. The minimum absolute atomic E-state index is 0.192. The summed E-state index contributed by atoms with van der Waals surface area (Å²) in [6.07, 6.45) is 0. The van der Waals surface area contributed by atoms with Crippen LogP contribution in [0, 0.1) is 0 Å². The van der Waals surface area contributed by atoms with Gasteiger partial charge in [0.2, 0.25) is 0 Å². The van der Waals surface area contributed by atoms with Crippen molar-refractivity contribution in [2.75, 3.05) is 0 Å². The molecule has 1 N–H and O–H groups in total. The predicted octanol–water partition coefficient (Wildman–Crippen LogP) is -0.693. The van der Waals surface area contributed by atoms with Gasteiger partial charge in [-0.05, 0) is 0 Å². The van der Waals surface area contributed by atoms with Crippen molar-refractivity contribution in [3.63, 3.8) is 0 Å². The molecule has 0 heterocycles. The van der Waals surface area contributed by atoms with Gasteiger partial charge in [0.25, 0.3) is 0 Å². The molecule has 9 heteroatoms. The van der Waals surface area contributed by atoms with Crippen molar-refractivity contribution < 1.29 is 100 Å². The summed E-state index contributed by atoms with van der Waals surface area (Å²) >= 11 is 1.56. The van der Waals surface area contributed by atoms with Gasteiger partial charge < -0.3 is 0 Å². The molecule has 0 atom stereocenters. The Morgan fingerprint density at radius 1 is 1.44 bits per heavy atom. The first-order chi connectivity index (χ1) is 4.27. The van der Waals surface area contributed by atoms with Gasteiger partial charge in [-0.25, -0.2) is 0 Å². The topological polar surface area (TPSA) is 37.3 Å². The van der Waals surface area contributed by atoms with E-state index in [1.807, 2.05) is 0 Å². The molecule has 0 rings (SSSR count). The van der Waals surface area contributed by atoms with E-state index in [2.05, 4.69) is 16.8 Å². The zero-order valence-electron chi connectivity index (χ0n) is 3.71. The summed E-state index contributed by atoms with van der Waals surface area (Å²) in [4.78, 5) is 0. The first-order valence-electron chi connectivity index (χ1n) is 1.35. The molecule has 0 aliphatic heterocycles. The summed E-state index contributed by atoms with van der Waals surface area (Å²) in [5, 5.41) is 0. The molecule has 0 aromatic carbocycles. The monoisotopic (exact) mass is 718 g/mol. The Bertz CT molecular complexity index is 105. The van der Waals surface area contributed by atoms with Gasteiger partial charge >= 0.3 is 100 Å². The van der Waals surface area contributed by atoms with E-state index in [1.165, 1.54) is 0 Å². The number of hydrogen-bond acceptors (Lipinski definition) is 1. The van der Waals surface area contributed by atoms with Crippen LogP contribution in [0.3, 0.4) is 0 Å². The van der Waals surface area contributed by atoms with Crippen molar-refractivity contribution in [1.29, 1.82) is 0 Å². The fraction of sp³-hybridized carbons (Fsp3) is 0. The van der Waals surface area contributed by atoms with Gasteiger partial charge in [-0.3, -0.25) is 0 Å². The van der Waals surface area contributed by atoms with Crippen LogP contribution in [-0.2, 0) is 96.5 Å². The molecule has 0 unspecified atom stereocenters. The van der Waals surface area contributed by atoms with Crippen LogP contribution in [0.1, 0.15) is 0 Å². The fourth-order valence-electron chi connectivity index (χ4n) is 0.0578. The van der Waals surface area contributed by atoms with Crippen LogP contribution < -0.4 is 0 Å². The fourth-order valence-corrected chi connectivity index (χ4v) is 276. The second-order valence-corrected chi connectivity index (χ2v) is 75.9. The van der Waals surface area contributed by atoms with Crippen molar-refractivity contribution in [2.45, 2.75) is 0 Å². The Labute approximate surface area is 96.9 Å². The maximum absolute atomic E-state index is 10.4. The molecule has 9 heavy (non-hydrogen) atoms. The Kier molecular flexibility index (Phi) is 16.1.